The summed E-state index contributed by atoms with van der Waals surface area (Å²) in [4.78, 5) is 0. The molecule has 94 valence electrons. The van der Waals surface area contributed by atoms with Crippen LogP contribution >= 0.6 is 0 Å². The van der Waals surface area contributed by atoms with Crippen LogP contribution in [0.25, 0.3) is 10.8 Å². The van der Waals surface area contributed by atoms with Gasteiger partial charge in [-0.1, -0.05) is 75.4 Å². The van der Waals surface area contributed by atoms with Crippen LogP contribution in [0, 0.1) is 5.92 Å². The zero-order valence-electron chi connectivity index (χ0n) is 11.6. The van der Waals surface area contributed by atoms with Crippen LogP contribution in [0.4, 0.5) is 0 Å². The minimum atomic E-state index is 0.481. The maximum Gasteiger partial charge on any atom is -0.000429 e. The van der Waals surface area contributed by atoms with Crippen molar-refractivity contribution in [1.29, 1.82) is 0 Å². The van der Waals surface area contributed by atoms with Gasteiger partial charge in [-0.15, -0.1) is 0 Å². The van der Waals surface area contributed by atoms with Gasteiger partial charge in [0.05, 0.1) is 0 Å². The Balaban J connectivity index is 2.27. The number of hydrogen-bond donors (Lipinski definition) is 0. The molecular weight excluding hydrogens is 216 g/mol. The summed E-state index contributed by atoms with van der Waals surface area (Å²) < 4.78 is 0. The predicted molar refractivity (Wildman–Crippen MR) is 81.0 cm³/mol. The van der Waals surface area contributed by atoms with Crippen LogP contribution in [-0.2, 0) is 0 Å². The summed E-state index contributed by atoms with van der Waals surface area (Å²) in [6, 6.07) is 15.2. The van der Waals surface area contributed by atoms with Crippen LogP contribution in [0.5, 0.6) is 0 Å². The third-order valence-corrected chi connectivity index (χ3v) is 3.35. The number of hydrogen-bond acceptors (Lipinski definition) is 0. The van der Waals surface area contributed by atoms with Gasteiger partial charge >= 0.3 is 0 Å². The van der Waals surface area contributed by atoms with Crippen molar-refractivity contribution in [3.05, 3.63) is 60.2 Å². The zero-order chi connectivity index (χ0) is 13.0. The molecule has 0 spiro atoms. The lowest BCUT2D eigenvalue weighted by Crippen LogP contribution is -1.91. The van der Waals surface area contributed by atoms with Gasteiger partial charge in [0.25, 0.3) is 0 Å². The molecule has 0 heteroatoms. The molecule has 0 aromatic heterocycles. The minimum absolute atomic E-state index is 0.481. The number of rotatable bonds is 4. The molecule has 0 N–H and O–H groups in total. The van der Waals surface area contributed by atoms with Gasteiger partial charge in [-0.05, 0) is 34.6 Å². The molecule has 2 aromatic carbocycles. The Morgan fingerprint density at radius 2 is 1.67 bits per heavy atom. The monoisotopic (exact) mass is 238 g/mol. The summed E-state index contributed by atoms with van der Waals surface area (Å²) in [5, 5.41) is 2.71. The lowest BCUT2D eigenvalue weighted by molar-refractivity contribution is 0.661. The van der Waals surface area contributed by atoms with Crippen molar-refractivity contribution in [1.82, 2.24) is 0 Å². The minimum Gasteiger partial charge on any atom is -0.0877 e. The van der Waals surface area contributed by atoms with Crippen molar-refractivity contribution in [2.45, 2.75) is 33.1 Å². The summed E-state index contributed by atoms with van der Waals surface area (Å²) in [5.74, 6) is 1.22. The Hall–Kier alpha value is -1.56. The topological polar surface area (TPSA) is 0 Å². The molecule has 0 aliphatic carbocycles. The van der Waals surface area contributed by atoms with Gasteiger partial charge in [0.1, 0.15) is 0 Å². The molecule has 0 aliphatic rings. The quantitative estimate of drug-likeness (QED) is 0.613. The molecule has 0 saturated carbocycles. The first-order valence-electron chi connectivity index (χ1n) is 6.83. The third-order valence-electron chi connectivity index (χ3n) is 3.35. The van der Waals surface area contributed by atoms with Crippen LogP contribution in [0.3, 0.4) is 0 Å². The first-order chi connectivity index (χ1) is 8.68. The molecular formula is C18H22. The van der Waals surface area contributed by atoms with E-state index < -0.39 is 0 Å². The van der Waals surface area contributed by atoms with Gasteiger partial charge in [0, 0.05) is 0 Å². The van der Waals surface area contributed by atoms with Crippen LogP contribution in [0.1, 0.15) is 38.7 Å². The Labute approximate surface area is 110 Å². The van der Waals surface area contributed by atoms with E-state index >= 15 is 0 Å². The second-order valence-electron chi connectivity index (χ2n) is 5.41. The average Bonchev–Trinajstić information content (AvgIpc) is 2.37. The Morgan fingerprint density at radius 3 is 2.44 bits per heavy atom. The van der Waals surface area contributed by atoms with Gasteiger partial charge in [0.2, 0.25) is 0 Å². The van der Waals surface area contributed by atoms with Gasteiger partial charge in [-0.25, -0.2) is 0 Å². The molecule has 0 fully saturated rings. The number of benzene rings is 2. The molecule has 0 amide bonds. The highest BCUT2D eigenvalue weighted by Gasteiger charge is 2.05. The fourth-order valence-corrected chi connectivity index (χ4v) is 2.31. The maximum absolute atomic E-state index is 2.34. The maximum atomic E-state index is 2.34. The number of allylic oxidation sites excluding steroid dienone is 2. The Morgan fingerprint density at radius 1 is 0.944 bits per heavy atom. The molecule has 0 aliphatic heterocycles. The standard InChI is InChI=1S/C18H22/c1-14(2)8-6-9-15(3)17-13-7-11-16-10-4-5-12-18(16)17/h4-7,9-15H,8H2,1-3H3/b9-6+/t15-/m1/s1. The van der Waals surface area contributed by atoms with E-state index in [4.69, 9.17) is 0 Å². The summed E-state index contributed by atoms with van der Waals surface area (Å²) in [7, 11) is 0. The van der Waals surface area contributed by atoms with E-state index in [0.29, 0.717) is 5.92 Å². The van der Waals surface area contributed by atoms with E-state index in [1.54, 1.807) is 0 Å². The second-order valence-corrected chi connectivity index (χ2v) is 5.41. The van der Waals surface area contributed by atoms with Gasteiger partial charge in [-0.2, -0.15) is 0 Å². The SMILES string of the molecule is CC(C)C/C=C/[C@@H](C)c1cccc2ccccc12. The lowest BCUT2D eigenvalue weighted by Gasteiger charge is -2.11. The van der Waals surface area contributed by atoms with Gasteiger partial charge < -0.3 is 0 Å². The highest BCUT2D eigenvalue weighted by molar-refractivity contribution is 5.86. The first-order valence-corrected chi connectivity index (χ1v) is 6.83. The predicted octanol–water partition coefficient (Wildman–Crippen LogP) is 5.55. The van der Waals surface area contributed by atoms with Crippen molar-refractivity contribution in [3.63, 3.8) is 0 Å². The highest BCUT2D eigenvalue weighted by atomic mass is 14.1. The van der Waals surface area contributed by atoms with Crippen molar-refractivity contribution in [2.75, 3.05) is 0 Å². The van der Waals surface area contributed by atoms with Crippen LogP contribution in [0.2, 0.25) is 0 Å². The summed E-state index contributed by atoms with van der Waals surface area (Å²) in [6.45, 7) is 6.79. The lowest BCUT2D eigenvalue weighted by atomic mass is 9.94. The molecule has 0 nitrogen and oxygen atoms in total. The average molecular weight is 238 g/mol. The molecule has 0 unspecified atom stereocenters. The zero-order valence-corrected chi connectivity index (χ0v) is 11.6. The normalized spacial score (nSPS) is 13.6. The molecule has 18 heavy (non-hydrogen) atoms. The van der Waals surface area contributed by atoms with E-state index in [9.17, 15) is 0 Å². The molecule has 2 aromatic rings. The van der Waals surface area contributed by atoms with E-state index in [2.05, 4.69) is 75.4 Å². The largest absolute Gasteiger partial charge is 0.0877 e. The summed E-state index contributed by atoms with van der Waals surface area (Å²) in [5.41, 5.74) is 1.42. The van der Waals surface area contributed by atoms with Crippen LogP contribution < -0.4 is 0 Å². The summed E-state index contributed by atoms with van der Waals surface area (Å²) in [6.07, 6.45) is 5.81. The number of fused-ring (bicyclic) bond motifs is 1. The van der Waals surface area contributed by atoms with Crippen LogP contribution in [-0.4, -0.2) is 0 Å². The van der Waals surface area contributed by atoms with Crippen LogP contribution in [0.15, 0.2) is 54.6 Å². The van der Waals surface area contributed by atoms with E-state index in [-0.39, 0.29) is 0 Å². The molecule has 0 saturated heterocycles. The van der Waals surface area contributed by atoms with Crippen molar-refractivity contribution >= 4 is 10.8 Å². The Kier molecular flexibility index (Phi) is 4.19. The van der Waals surface area contributed by atoms with E-state index in [0.717, 1.165) is 12.3 Å². The second kappa shape index (κ2) is 5.86. The van der Waals surface area contributed by atoms with Crippen molar-refractivity contribution < 1.29 is 0 Å². The molecule has 1 atom stereocenters. The van der Waals surface area contributed by atoms with E-state index in [1.165, 1.54) is 16.3 Å². The van der Waals surface area contributed by atoms with Crippen molar-refractivity contribution in [2.24, 2.45) is 5.92 Å². The molecule has 0 bridgehead atoms. The van der Waals surface area contributed by atoms with Gasteiger partial charge in [-0.3, -0.25) is 0 Å². The molecule has 0 radical (unpaired) electrons. The molecule has 0 heterocycles. The Bertz CT molecular complexity index is 529. The summed E-state index contributed by atoms with van der Waals surface area (Å²) >= 11 is 0. The highest BCUT2D eigenvalue weighted by Crippen LogP contribution is 2.26. The molecule has 2 rings (SSSR count). The van der Waals surface area contributed by atoms with E-state index in [1.807, 2.05) is 0 Å². The first kappa shape index (κ1) is 12.9. The third kappa shape index (κ3) is 3.01. The fraction of sp³-hybridized carbons (Fsp3) is 0.333. The van der Waals surface area contributed by atoms with Gasteiger partial charge in [0.15, 0.2) is 0 Å². The smallest absolute Gasteiger partial charge is 0.000429 e. The fourth-order valence-electron chi connectivity index (χ4n) is 2.31. The van der Waals surface area contributed by atoms with Crippen molar-refractivity contribution in [3.8, 4) is 0 Å².